The molecule has 0 amide bonds. The zero-order valence-electron chi connectivity index (χ0n) is 21.7. The second-order valence-corrected chi connectivity index (χ2v) is 11.8. The quantitative estimate of drug-likeness (QED) is 0.246. The lowest BCUT2D eigenvalue weighted by Crippen LogP contribution is -2.29. The molecule has 0 bridgehead atoms. The summed E-state index contributed by atoms with van der Waals surface area (Å²) >= 11 is 0. The molecule has 38 heavy (non-hydrogen) atoms. The van der Waals surface area contributed by atoms with Crippen molar-refractivity contribution in [1.29, 1.82) is 0 Å². The maximum absolute atomic E-state index is 13.0. The molecule has 0 radical (unpaired) electrons. The summed E-state index contributed by atoms with van der Waals surface area (Å²) in [5.41, 5.74) is 3.76. The Kier molecular flexibility index (Phi) is 7.01. The van der Waals surface area contributed by atoms with E-state index in [9.17, 15) is 8.42 Å². The number of nitrogens with zero attached hydrogens (tertiary/aromatic N) is 3. The second-order valence-electron chi connectivity index (χ2n) is 10.1. The van der Waals surface area contributed by atoms with Gasteiger partial charge >= 0.3 is 0 Å². The van der Waals surface area contributed by atoms with Gasteiger partial charge in [0.15, 0.2) is 0 Å². The van der Waals surface area contributed by atoms with E-state index in [-0.39, 0.29) is 17.0 Å². The molecular formula is C30H31N5O2S. The first kappa shape index (κ1) is 25.6. The van der Waals surface area contributed by atoms with E-state index >= 15 is 0 Å². The number of anilines is 1. The van der Waals surface area contributed by atoms with Gasteiger partial charge in [0, 0.05) is 42.0 Å². The van der Waals surface area contributed by atoms with Crippen LogP contribution < -0.4 is 10.0 Å². The van der Waals surface area contributed by atoms with Crippen LogP contribution in [0, 0.1) is 0 Å². The molecule has 7 nitrogen and oxygen atoms in total. The highest BCUT2D eigenvalue weighted by atomic mass is 32.2. The third-order valence-electron chi connectivity index (χ3n) is 6.28. The van der Waals surface area contributed by atoms with Crippen LogP contribution in [0.25, 0.3) is 33.2 Å². The molecule has 0 aliphatic heterocycles. The minimum atomic E-state index is -3.66. The molecule has 8 heteroatoms. The largest absolute Gasteiger partial charge is 0.369 e. The van der Waals surface area contributed by atoms with Gasteiger partial charge in [0.05, 0.1) is 10.4 Å². The summed E-state index contributed by atoms with van der Waals surface area (Å²) in [6, 6.07) is 26.8. The molecule has 0 spiro atoms. The Balaban J connectivity index is 1.32. The van der Waals surface area contributed by atoms with E-state index in [4.69, 9.17) is 5.10 Å². The Morgan fingerprint density at radius 2 is 1.58 bits per heavy atom. The van der Waals surface area contributed by atoms with E-state index in [0.717, 1.165) is 27.8 Å². The molecule has 0 aliphatic rings. The Bertz CT molecular complexity index is 1670. The van der Waals surface area contributed by atoms with E-state index in [1.54, 1.807) is 18.3 Å². The van der Waals surface area contributed by atoms with Crippen LogP contribution in [-0.2, 0) is 15.6 Å². The van der Waals surface area contributed by atoms with E-state index in [1.165, 1.54) is 0 Å². The smallest absolute Gasteiger partial charge is 0.241 e. The third-order valence-corrected chi connectivity index (χ3v) is 7.80. The van der Waals surface area contributed by atoms with Crippen molar-refractivity contribution in [3.05, 3.63) is 97.3 Å². The van der Waals surface area contributed by atoms with Crippen molar-refractivity contribution in [2.24, 2.45) is 0 Å². The van der Waals surface area contributed by atoms with Gasteiger partial charge in [0.25, 0.3) is 0 Å². The van der Waals surface area contributed by atoms with Crippen LogP contribution in [0.2, 0.25) is 0 Å². The lowest BCUT2D eigenvalue weighted by Gasteiger charge is -2.18. The van der Waals surface area contributed by atoms with Gasteiger partial charge in [-0.25, -0.2) is 18.1 Å². The highest BCUT2D eigenvalue weighted by molar-refractivity contribution is 7.89. The van der Waals surface area contributed by atoms with Gasteiger partial charge in [0.1, 0.15) is 11.5 Å². The van der Waals surface area contributed by atoms with Crippen LogP contribution in [-0.4, -0.2) is 36.3 Å². The summed E-state index contributed by atoms with van der Waals surface area (Å²) in [4.78, 5) is 4.72. The number of hydrogen-bond donors (Lipinski definition) is 2. The summed E-state index contributed by atoms with van der Waals surface area (Å²) in [5, 5.41) is 9.75. The lowest BCUT2D eigenvalue weighted by molar-refractivity contribution is 0.356. The molecular weight excluding hydrogens is 494 g/mol. The number of nitrogens with one attached hydrogen (secondary N) is 2. The number of sulfonamides is 1. The Labute approximate surface area is 223 Å². The van der Waals surface area contributed by atoms with Gasteiger partial charge in [-0.15, -0.1) is 0 Å². The molecule has 5 aromatic rings. The number of pyridine rings is 1. The summed E-state index contributed by atoms with van der Waals surface area (Å²) in [7, 11) is -3.66. The highest BCUT2D eigenvalue weighted by Gasteiger charge is 2.20. The van der Waals surface area contributed by atoms with Gasteiger partial charge in [-0.3, -0.25) is 4.68 Å². The molecule has 0 saturated carbocycles. The van der Waals surface area contributed by atoms with Crippen LogP contribution in [0.5, 0.6) is 0 Å². The van der Waals surface area contributed by atoms with Crippen molar-refractivity contribution in [1.82, 2.24) is 19.5 Å². The van der Waals surface area contributed by atoms with E-state index in [2.05, 4.69) is 54.1 Å². The summed E-state index contributed by atoms with van der Waals surface area (Å²) in [5.74, 6) is 0.661. The van der Waals surface area contributed by atoms with Crippen molar-refractivity contribution in [3.63, 3.8) is 0 Å². The first-order chi connectivity index (χ1) is 18.2. The van der Waals surface area contributed by atoms with E-state index < -0.39 is 10.0 Å². The molecule has 0 aliphatic carbocycles. The monoisotopic (exact) mass is 525 g/mol. The van der Waals surface area contributed by atoms with E-state index in [0.29, 0.717) is 17.7 Å². The summed E-state index contributed by atoms with van der Waals surface area (Å²) < 4.78 is 30.7. The number of aromatic nitrogens is 3. The average molecular weight is 526 g/mol. The summed E-state index contributed by atoms with van der Waals surface area (Å²) in [6.45, 7) is 6.97. The Morgan fingerprint density at radius 1 is 0.842 bits per heavy atom. The molecule has 2 N–H and O–H groups in total. The van der Waals surface area contributed by atoms with Crippen LogP contribution in [0.4, 0.5) is 5.82 Å². The lowest BCUT2D eigenvalue weighted by atomic mass is 10.0. The maximum Gasteiger partial charge on any atom is 0.241 e. The molecule has 2 aromatic heterocycles. The Hall–Kier alpha value is -4.01. The number of rotatable bonds is 8. The third kappa shape index (κ3) is 5.46. The van der Waals surface area contributed by atoms with Gasteiger partial charge in [-0.05, 0) is 49.9 Å². The predicted octanol–water partition coefficient (Wildman–Crippen LogP) is 5.91. The van der Waals surface area contributed by atoms with Crippen LogP contribution >= 0.6 is 0 Å². The molecule has 0 fully saturated rings. The van der Waals surface area contributed by atoms with Gasteiger partial charge in [-0.1, -0.05) is 66.7 Å². The predicted molar refractivity (Wildman–Crippen MR) is 154 cm³/mol. The minimum absolute atomic E-state index is 0.170. The number of fused-ring (bicyclic) bond motifs is 1. The number of hydrogen-bond acceptors (Lipinski definition) is 5. The first-order valence-electron chi connectivity index (χ1n) is 12.6. The molecule has 194 valence electrons. The van der Waals surface area contributed by atoms with Gasteiger partial charge < -0.3 is 5.32 Å². The molecule has 5 rings (SSSR count). The van der Waals surface area contributed by atoms with Crippen molar-refractivity contribution in [2.45, 2.75) is 31.2 Å². The minimum Gasteiger partial charge on any atom is -0.369 e. The zero-order chi connectivity index (χ0) is 26.8. The average Bonchev–Trinajstić information content (AvgIpc) is 3.38. The van der Waals surface area contributed by atoms with Crippen LogP contribution in [0.1, 0.15) is 20.8 Å². The second kappa shape index (κ2) is 10.4. The molecule has 0 saturated heterocycles. The molecule has 0 atom stereocenters. The van der Waals surface area contributed by atoms with Crippen LogP contribution in [0.15, 0.2) is 102 Å². The van der Waals surface area contributed by atoms with Crippen molar-refractivity contribution < 1.29 is 8.42 Å². The van der Waals surface area contributed by atoms with Crippen molar-refractivity contribution >= 4 is 26.6 Å². The standard InChI is InChI=1S/C30H31N5O2S/c1-30(2,3)35-21-26(29(34-35)23-11-5-4-6-12-23)24-16-17-31-28(20-24)32-18-19-33-38(36,37)27-15-9-13-22-10-7-8-14-25(22)27/h4-17,20-21,33H,18-19H2,1-3H3,(H,31,32). The highest BCUT2D eigenvalue weighted by Crippen LogP contribution is 2.33. The fraction of sp³-hybridized carbons (Fsp3) is 0.200. The molecule has 0 unspecified atom stereocenters. The number of benzene rings is 3. The molecule has 2 heterocycles. The van der Waals surface area contributed by atoms with Crippen LogP contribution in [0.3, 0.4) is 0 Å². The van der Waals surface area contributed by atoms with Gasteiger partial charge in [0.2, 0.25) is 10.0 Å². The fourth-order valence-electron chi connectivity index (χ4n) is 4.32. The normalized spacial score (nSPS) is 12.1. The zero-order valence-corrected chi connectivity index (χ0v) is 22.5. The van der Waals surface area contributed by atoms with Gasteiger partial charge in [-0.2, -0.15) is 5.10 Å². The molecule has 3 aromatic carbocycles. The SMILES string of the molecule is CC(C)(C)n1cc(-c2ccnc(NCCNS(=O)(=O)c3cccc4ccccc34)c2)c(-c2ccccc2)n1. The fourth-order valence-corrected chi connectivity index (χ4v) is 5.58. The summed E-state index contributed by atoms with van der Waals surface area (Å²) in [6.07, 6.45) is 3.82. The van der Waals surface area contributed by atoms with E-state index in [1.807, 2.05) is 65.3 Å². The topological polar surface area (TPSA) is 88.9 Å². The Morgan fingerprint density at radius 3 is 2.37 bits per heavy atom. The van der Waals surface area contributed by atoms with Crippen molar-refractivity contribution in [3.8, 4) is 22.4 Å². The maximum atomic E-state index is 13.0. The first-order valence-corrected chi connectivity index (χ1v) is 14.0. The van der Waals surface area contributed by atoms with Crippen molar-refractivity contribution in [2.75, 3.05) is 18.4 Å².